The summed E-state index contributed by atoms with van der Waals surface area (Å²) in [5.41, 5.74) is 2.76. The molecular weight excluding hydrogens is 352 g/mol. The monoisotopic (exact) mass is 370 g/mol. The number of aromatic nitrogens is 3. The first-order chi connectivity index (χ1) is 12.6. The average Bonchev–Trinajstić information content (AvgIpc) is 3.03. The van der Waals surface area contributed by atoms with Crippen LogP contribution in [0.2, 0.25) is 5.02 Å². The van der Waals surface area contributed by atoms with E-state index in [1.54, 1.807) is 24.8 Å². The predicted octanol–water partition coefficient (Wildman–Crippen LogP) is 3.31. The molecule has 0 bridgehead atoms. The van der Waals surface area contributed by atoms with Gasteiger partial charge in [0.05, 0.1) is 17.3 Å². The first-order valence-electron chi connectivity index (χ1n) is 8.12. The topological polar surface area (TPSA) is 69.0 Å². The van der Waals surface area contributed by atoms with Gasteiger partial charge in [-0.3, -0.25) is 4.79 Å². The Hall–Kier alpha value is -2.70. The lowest BCUT2D eigenvalue weighted by Crippen LogP contribution is -2.24. The summed E-state index contributed by atoms with van der Waals surface area (Å²) in [5, 5.41) is 7.66. The second-order valence-corrected chi connectivity index (χ2v) is 6.19. The van der Waals surface area contributed by atoms with E-state index < -0.39 is 0 Å². The molecule has 26 heavy (non-hydrogen) atoms. The first kappa shape index (κ1) is 18.1. The van der Waals surface area contributed by atoms with Crippen LogP contribution in [0.1, 0.15) is 27.6 Å². The Kier molecular flexibility index (Phi) is 5.65. The van der Waals surface area contributed by atoms with Gasteiger partial charge in [-0.15, -0.1) is 5.10 Å². The van der Waals surface area contributed by atoms with Gasteiger partial charge in [0, 0.05) is 13.7 Å². The normalized spacial score (nSPS) is 10.7. The second-order valence-electron chi connectivity index (χ2n) is 5.78. The van der Waals surface area contributed by atoms with Crippen LogP contribution in [-0.4, -0.2) is 27.8 Å². The summed E-state index contributed by atoms with van der Waals surface area (Å²) in [6, 6.07) is 15.1. The number of nitrogens with zero attached hydrogens (tertiary/aromatic N) is 3. The van der Waals surface area contributed by atoms with Gasteiger partial charge >= 0.3 is 0 Å². The molecule has 3 rings (SSSR count). The third kappa shape index (κ3) is 4.09. The average molecular weight is 371 g/mol. The largest absolute Gasteiger partial charge is 0.380 e. The van der Waals surface area contributed by atoms with E-state index in [1.165, 1.54) is 0 Å². The molecule has 1 heterocycles. The number of nitrogens with one attached hydrogen (secondary N) is 1. The van der Waals surface area contributed by atoms with Gasteiger partial charge in [0.25, 0.3) is 5.91 Å². The van der Waals surface area contributed by atoms with E-state index >= 15 is 0 Å². The molecule has 0 radical (unpaired) electrons. The summed E-state index contributed by atoms with van der Waals surface area (Å²) >= 11 is 6.20. The highest BCUT2D eigenvalue weighted by atomic mass is 35.5. The maximum Gasteiger partial charge on any atom is 0.291 e. The Morgan fingerprint density at radius 2 is 1.85 bits per heavy atom. The van der Waals surface area contributed by atoms with Crippen molar-refractivity contribution in [1.82, 2.24) is 20.1 Å². The summed E-state index contributed by atoms with van der Waals surface area (Å²) in [5.74, 6) is 0.366. The quantitative estimate of drug-likeness (QED) is 0.722. The Bertz CT molecular complexity index is 906. The minimum Gasteiger partial charge on any atom is -0.380 e. The van der Waals surface area contributed by atoms with Crippen LogP contribution in [0.5, 0.6) is 0 Å². The molecule has 134 valence electrons. The molecule has 0 aliphatic carbocycles. The molecule has 6 nitrogen and oxygen atoms in total. The van der Waals surface area contributed by atoms with Crippen LogP contribution in [0.15, 0.2) is 48.5 Å². The molecule has 0 atom stereocenters. The zero-order valence-electron chi connectivity index (χ0n) is 14.6. The zero-order chi connectivity index (χ0) is 18.5. The van der Waals surface area contributed by atoms with E-state index in [0.717, 1.165) is 11.1 Å². The number of methoxy groups -OCH3 is 1. The third-order valence-electron chi connectivity index (χ3n) is 3.84. The Labute approximate surface area is 156 Å². The fourth-order valence-corrected chi connectivity index (χ4v) is 2.74. The van der Waals surface area contributed by atoms with Gasteiger partial charge in [-0.1, -0.05) is 48.0 Å². The van der Waals surface area contributed by atoms with Crippen molar-refractivity contribution in [2.75, 3.05) is 7.11 Å². The summed E-state index contributed by atoms with van der Waals surface area (Å²) in [6.07, 6.45) is 0. The fourth-order valence-electron chi connectivity index (χ4n) is 2.52. The second kappa shape index (κ2) is 8.12. The smallest absolute Gasteiger partial charge is 0.291 e. The molecule has 1 aromatic heterocycles. The Morgan fingerprint density at radius 3 is 2.54 bits per heavy atom. The van der Waals surface area contributed by atoms with Crippen LogP contribution >= 0.6 is 11.6 Å². The van der Waals surface area contributed by atoms with E-state index in [0.29, 0.717) is 29.7 Å². The number of aryl methyl sites for hydroxylation is 1. The van der Waals surface area contributed by atoms with Gasteiger partial charge in [0.15, 0.2) is 0 Å². The highest BCUT2D eigenvalue weighted by molar-refractivity contribution is 6.32. The molecule has 2 aromatic carbocycles. The zero-order valence-corrected chi connectivity index (χ0v) is 15.3. The molecule has 3 aromatic rings. The van der Waals surface area contributed by atoms with Crippen molar-refractivity contribution in [3.63, 3.8) is 0 Å². The maximum atomic E-state index is 12.4. The van der Waals surface area contributed by atoms with E-state index in [-0.39, 0.29) is 11.7 Å². The number of amides is 1. The van der Waals surface area contributed by atoms with Crippen molar-refractivity contribution in [1.29, 1.82) is 0 Å². The lowest BCUT2D eigenvalue weighted by Gasteiger charge is -2.05. The standard InChI is InChI=1S/C19H19ClN4O2/c1-13-22-18(23-24(13)17-6-4-3-5-16(17)20)19(25)21-11-14-7-9-15(10-8-14)12-26-2/h3-10H,11-12H2,1-2H3,(H,21,25). The van der Waals surface area contributed by atoms with Gasteiger partial charge in [-0.05, 0) is 30.2 Å². The highest BCUT2D eigenvalue weighted by Crippen LogP contribution is 2.20. The molecule has 1 amide bonds. The molecule has 7 heteroatoms. The maximum absolute atomic E-state index is 12.4. The highest BCUT2D eigenvalue weighted by Gasteiger charge is 2.16. The molecule has 0 aliphatic rings. The van der Waals surface area contributed by atoms with Crippen LogP contribution in [0.3, 0.4) is 0 Å². The van der Waals surface area contributed by atoms with Gasteiger partial charge in [0.2, 0.25) is 5.82 Å². The number of ether oxygens (including phenoxy) is 1. The number of rotatable bonds is 6. The number of carbonyl (C=O) groups is 1. The van der Waals surface area contributed by atoms with Crippen LogP contribution in [0, 0.1) is 6.92 Å². The van der Waals surface area contributed by atoms with Crippen molar-refractivity contribution in [3.8, 4) is 5.69 Å². The Balaban J connectivity index is 1.69. The third-order valence-corrected chi connectivity index (χ3v) is 4.16. The molecule has 0 saturated heterocycles. The van der Waals surface area contributed by atoms with E-state index in [4.69, 9.17) is 16.3 Å². The molecule has 0 unspecified atom stereocenters. The fraction of sp³-hybridized carbons (Fsp3) is 0.211. The van der Waals surface area contributed by atoms with Crippen molar-refractivity contribution in [3.05, 3.63) is 76.3 Å². The van der Waals surface area contributed by atoms with Gasteiger partial charge in [-0.25, -0.2) is 9.67 Å². The summed E-state index contributed by atoms with van der Waals surface area (Å²) in [4.78, 5) is 16.6. The number of hydrogen-bond acceptors (Lipinski definition) is 4. The number of benzene rings is 2. The molecular formula is C19H19ClN4O2. The molecule has 0 saturated carbocycles. The number of carbonyl (C=O) groups excluding carboxylic acids is 1. The number of para-hydroxylation sites is 1. The van der Waals surface area contributed by atoms with E-state index in [9.17, 15) is 4.79 Å². The molecule has 0 aliphatic heterocycles. The van der Waals surface area contributed by atoms with Gasteiger partial charge in [-0.2, -0.15) is 0 Å². The van der Waals surface area contributed by atoms with Crippen molar-refractivity contribution in [2.24, 2.45) is 0 Å². The number of halogens is 1. The van der Waals surface area contributed by atoms with Crippen molar-refractivity contribution < 1.29 is 9.53 Å². The van der Waals surface area contributed by atoms with E-state index in [2.05, 4.69) is 15.4 Å². The van der Waals surface area contributed by atoms with Gasteiger partial charge in [0.1, 0.15) is 5.82 Å². The van der Waals surface area contributed by atoms with Crippen molar-refractivity contribution in [2.45, 2.75) is 20.1 Å². The van der Waals surface area contributed by atoms with Crippen LogP contribution in [-0.2, 0) is 17.9 Å². The van der Waals surface area contributed by atoms with Crippen LogP contribution in [0.4, 0.5) is 0 Å². The van der Waals surface area contributed by atoms with Gasteiger partial charge < -0.3 is 10.1 Å². The minimum absolute atomic E-state index is 0.110. The molecule has 1 N–H and O–H groups in total. The first-order valence-corrected chi connectivity index (χ1v) is 8.50. The molecule has 0 spiro atoms. The predicted molar refractivity (Wildman–Crippen MR) is 99.4 cm³/mol. The lowest BCUT2D eigenvalue weighted by molar-refractivity contribution is 0.0940. The van der Waals surface area contributed by atoms with Crippen molar-refractivity contribution >= 4 is 17.5 Å². The summed E-state index contributed by atoms with van der Waals surface area (Å²) in [7, 11) is 1.66. The summed E-state index contributed by atoms with van der Waals surface area (Å²) in [6.45, 7) is 2.74. The Morgan fingerprint density at radius 1 is 1.15 bits per heavy atom. The summed E-state index contributed by atoms with van der Waals surface area (Å²) < 4.78 is 6.65. The van der Waals surface area contributed by atoms with E-state index in [1.807, 2.05) is 42.5 Å². The minimum atomic E-state index is -0.333. The lowest BCUT2D eigenvalue weighted by atomic mass is 10.1. The van der Waals surface area contributed by atoms with Crippen LogP contribution in [0.25, 0.3) is 5.69 Å². The van der Waals surface area contributed by atoms with Crippen LogP contribution < -0.4 is 5.32 Å². The SMILES string of the molecule is COCc1ccc(CNC(=O)c2nc(C)n(-c3ccccc3Cl)n2)cc1. The molecule has 0 fully saturated rings. The number of hydrogen-bond donors (Lipinski definition) is 1.